The van der Waals surface area contributed by atoms with Crippen molar-refractivity contribution in [3.63, 3.8) is 0 Å². The molecule has 0 bridgehead atoms. The summed E-state index contributed by atoms with van der Waals surface area (Å²) in [7, 11) is 0. The van der Waals surface area contributed by atoms with E-state index in [4.69, 9.17) is 29.9 Å². The monoisotopic (exact) mass is 692 g/mol. The largest absolute Gasteiger partial charge is 0.256 e. The van der Waals surface area contributed by atoms with E-state index in [9.17, 15) is 0 Å². The van der Waals surface area contributed by atoms with Gasteiger partial charge in [0.15, 0.2) is 0 Å². The highest BCUT2D eigenvalue weighted by Crippen LogP contribution is 2.44. The maximum Gasteiger partial charge on any atom is 0.0715 e. The van der Waals surface area contributed by atoms with Crippen molar-refractivity contribution in [1.82, 2.24) is 29.9 Å². The van der Waals surface area contributed by atoms with E-state index in [0.717, 1.165) is 89.8 Å². The quantitative estimate of drug-likeness (QED) is 0.158. The van der Waals surface area contributed by atoms with Gasteiger partial charge >= 0.3 is 0 Å². The number of hydrogen-bond acceptors (Lipinski definition) is 6. The summed E-state index contributed by atoms with van der Waals surface area (Å²) >= 11 is 0. The molecule has 0 atom stereocenters. The Balaban J connectivity index is 1.22. The number of nitrogens with zero attached hydrogens (tertiary/aromatic N) is 6. The molecule has 0 aliphatic rings. The molecule has 0 radical (unpaired) electrons. The minimum absolute atomic E-state index is 0.863. The molecular formula is C48H32N6. The Labute approximate surface area is 313 Å². The zero-order valence-electron chi connectivity index (χ0n) is 29.2. The molecule has 9 rings (SSSR count). The van der Waals surface area contributed by atoms with Crippen LogP contribution in [0.25, 0.3) is 89.8 Å². The van der Waals surface area contributed by atoms with Crippen LogP contribution < -0.4 is 0 Å². The van der Waals surface area contributed by atoms with Gasteiger partial charge in [-0.1, -0.05) is 60.7 Å². The molecule has 0 unspecified atom stereocenters. The van der Waals surface area contributed by atoms with Crippen molar-refractivity contribution in [2.45, 2.75) is 0 Å². The second kappa shape index (κ2) is 14.7. The third-order valence-corrected chi connectivity index (χ3v) is 9.43. The first kappa shape index (κ1) is 32.5. The third-order valence-electron chi connectivity index (χ3n) is 9.43. The van der Waals surface area contributed by atoms with Crippen molar-refractivity contribution in [3.8, 4) is 89.8 Å². The summed E-state index contributed by atoms with van der Waals surface area (Å²) in [5.41, 5.74) is 15.4. The van der Waals surface area contributed by atoms with Crippen LogP contribution in [0.4, 0.5) is 0 Å². The highest BCUT2D eigenvalue weighted by atomic mass is 14.7. The normalized spacial score (nSPS) is 11.0. The highest BCUT2D eigenvalue weighted by molar-refractivity contribution is 5.97. The molecule has 254 valence electrons. The zero-order valence-corrected chi connectivity index (χ0v) is 29.2. The molecule has 0 amide bonds. The van der Waals surface area contributed by atoms with Gasteiger partial charge in [0.25, 0.3) is 0 Å². The Morgan fingerprint density at radius 1 is 0.222 bits per heavy atom. The van der Waals surface area contributed by atoms with Crippen LogP contribution in [0.2, 0.25) is 0 Å². The molecule has 6 heteroatoms. The van der Waals surface area contributed by atoms with Crippen LogP contribution in [0, 0.1) is 0 Å². The Morgan fingerprint density at radius 2 is 0.463 bits per heavy atom. The van der Waals surface area contributed by atoms with Crippen molar-refractivity contribution in [3.05, 3.63) is 195 Å². The van der Waals surface area contributed by atoms with E-state index >= 15 is 0 Å². The van der Waals surface area contributed by atoms with Crippen molar-refractivity contribution in [1.29, 1.82) is 0 Å². The van der Waals surface area contributed by atoms with E-state index in [-0.39, 0.29) is 0 Å². The molecule has 0 aliphatic carbocycles. The third kappa shape index (κ3) is 6.44. The Bertz CT molecular complexity index is 2340. The lowest BCUT2D eigenvalue weighted by molar-refractivity contribution is 1.28. The molecule has 54 heavy (non-hydrogen) atoms. The van der Waals surface area contributed by atoms with Gasteiger partial charge in [-0.15, -0.1) is 0 Å². The van der Waals surface area contributed by atoms with Crippen LogP contribution in [-0.4, -0.2) is 29.9 Å². The van der Waals surface area contributed by atoms with Crippen molar-refractivity contribution < 1.29 is 0 Å². The maximum absolute atomic E-state index is 4.79. The second-order valence-corrected chi connectivity index (χ2v) is 12.8. The molecule has 6 heterocycles. The number of rotatable bonds is 8. The minimum Gasteiger partial charge on any atom is -0.256 e. The molecular weight excluding hydrogens is 661 g/mol. The Hall–Kier alpha value is -7.44. The lowest BCUT2D eigenvalue weighted by Gasteiger charge is -2.18. The predicted octanol–water partition coefficient (Wildman–Crippen LogP) is 11.4. The van der Waals surface area contributed by atoms with E-state index < -0.39 is 0 Å². The van der Waals surface area contributed by atoms with E-state index in [1.54, 1.807) is 0 Å². The molecule has 3 aromatic carbocycles. The van der Waals surface area contributed by atoms with E-state index in [1.807, 2.05) is 146 Å². The van der Waals surface area contributed by atoms with Gasteiger partial charge in [-0.3, -0.25) is 29.9 Å². The van der Waals surface area contributed by atoms with Crippen LogP contribution in [0.15, 0.2) is 195 Å². The van der Waals surface area contributed by atoms with E-state index in [0.29, 0.717) is 0 Å². The molecule has 0 saturated carbocycles. The fraction of sp³-hybridized carbons (Fsp3) is 0. The lowest BCUT2D eigenvalue weighted by Crippen LogP contribution is -1.97. The van der Waals surface area contributed by atoms with Gasteiger partial charge in [0.05, 0.1) is 34.2 Å². The fourth-order valence-corrected chi connectivity index (χ4v) is 6.94. The summed E-state index contributed by atoms with van der Waals surface area (Å²) in [6.45, 7) is 0. The van der Waals surface area contributed by atoms with Gasteiger partial charge in [-0.25, -0.2) is 0 Å². The van der Waals surface area contributed by atoms with Crippen molar-refractivity contribution in [2.24, 2.45) is 0 Å². The van der Waals surface area contributed by atoms with E-state index in [1.165, 1.54) is 0 Å². The minimum atomic E-state index is 0.863. The standard InChI is InChI=1S/C48H32N6/c1-7-23-49-41(13-1)37-29-35(30-38(42-14-2-8-24-50-42)47(37)45-17-5-11-27-53-45)33-19-21-34(22-20-33)36-31-39(43-15-3-9-25-51-43)48(46-18-6-12-28-54-46)40(32-36)44-16-4-10-26-52-44/h1-32H. The molecule has 0 saturated heterocycles. The molecule has 6 aromatic heterocycles. The SMILES string of the molecule is c1ccc(-c2cc(-c3ccc(-c4cc(-c5ccccn5)c(-c5ccccn5)c(-c5ccccn5)c4)cc3)cc(-c3ccccn3)c2-c2ccccn2)nc1. The van der Waals surface area contributed by atoms with Gasteiger partial charge < -0.3 is 0 Å². The average Bonchev–Trinajstić information content (AvgIpc) is 3.27. The van der Waals surface area contributed by atoms with Crippen LogP contribution in [-0.2, 0) is 0 Å². The summed E-state index contributed by atoms with van der Waals surface area (Å²) in [4.78, 5) is 28.7. The van der Waals surface area contributed by atoms with Crippen LogP contribution in [0.5, 0.6) is 0 Å². The van der Waals surface area contributed by atoms with Gasteiger partial charge in [0.2, 0.25) is 0 Å². The molecule has 0 N–H and O–H groups in total. The van der Waals surface area contributed by atoms with Gasteiger partial charge in [0, 0.05) is 70.6 Å². The second-order valence-electron chi connectivity index (χ2n) is 12.8. The zero-order chi connectivity index (χ0) is 36.1. The topological polar surface area (TPSA) is 77.3 Å². The van der Waals surface area contributed by atoms with Crippen molar-refractivity contribution in [2.75, 3.05) is 0 Å². The average molecular weight is 693 g/mol. The van der Waals surface area contributed by atoms with Gasteiger partial charge in [0.1, 0.15) is 0 Å². The lowest BCUT2D eigenvalue weighted by atomic mass is 9.87. The highest BCUT2D eigenvalue weighted by Gasteiger charge is 2.21. The molecule has 0 spiro atoms. The summed E-state index contributed by atoms with van der Waals surface area (Å²) in [5, 5.41) is 0. The Kier molecular flexibility index (Phi) is 8.81. The predicted molar refractivity (Wildman–Crippen MR) is 217 cm³/mol. The summed E-state index contributed by atoms with van der Waals surface area (Å²) < 4.78 is 0. The first-order valence-corrected chi connectivity index (χ1v) is 17.8. The first-order valence-electron chi connectivity index (χ1n) is 17.8. The number of pyridine rings is 6. The van der Waals surface area contributed by atoms with Gasteiger partial charge in [-0.2, -0.15) is 0 Å². The number of hydrogen-bond donors (Lipinski definition) is 0. The van der Waals surface area contributed by atoms with Crippen LogP contribution in [0.3, 0.4) is 0 Å². The summed E-state index contributed by atoms with van der Waals surface area (Å²) in [5.74, 6) is 0. The van der Waals surface area contributed by atoms with Gasteiger partial charge in [-0.05, 0) is 119 Å². The molecule has 9 aromatic rings. The van der Waals surface area contributed by atoms with Crippen LogP contribution >= 0.6 is 0 Å². The molecule has 6 nitrogen and oxygen atoms in total. The summed E-state index contributed by atoms with van der Waals surface area (Å²) in [6, 6.07) is 53.6. The van der Waals surface area contributed by atoms with Crippen LogP contribution in [0.1, 0.15) is 0 Å². The smallest absolute Gasteiger partial charge is 0.0715 e. The summed E-state index contributed by atoms with van der Waals surface area (Å²) in [6.07, 6.45) is 11.0. The number of aromatic nitrogens is 6. The fourth-order valence-electron chi connectivity index (χ4n) is 6.94. The number of benzene rings is 3. The molecule has 0 fully saturated rings. The molecule has 0 aliphatic heterocycles. The van der Waals surface area contributed by atoms with Crippen molar-refractivity contribution >= 4 is 0 Å². The maximum atomic E-state index is 4.79. The Morgan fingerprint density at radius 3 is 0.685 bits per heavy atom. The van der Waals surface area contributed by atoms with E-state index in [2.05, 4.69) is 48.5 Å². The first-order chi connectivity index (χ1) is 26.8.